The highest BCUT2D eigenvalue weighted by Gasteiger charge is 2.30. The van der Waals surface area contributed by atoms with Gasteiger partial charge in [0, 0.05) is 25.7 Å². The van der Waals surface area contributed by atoms with E-state index in [1.165, 1.54) is 38.5 Å². The number of hydrogen-bond acceptors (Lipinski definition) is 15. The molecule has 0 rings (SSSR count). The first-order valence-electron chi connectivity index (χ1n) is 40.1. The fourth-order valence-electron chi connectivity index (χ4n) is 10.3. The molecular weight excluding hydrogens is 1350 g/mol. The lowest BCUT2D eigenvalue weighted by Gasteiger charge is -2.21. The van der Waals surface area contributed by atoms with Crippen molar-refractivity contribution in [3.63, 3.8) is 0 Å². The predicted octanol–water partition coefficient (Wildman–Crippen LogP) is 23.4. The zero-order chi connectivity index (χ0) is 76.0. The summed E-state index contributed by atoms with van der Waals surface area (Å²) in [4.78, 5) is 73.0. The van der Waals surface area contributed by atoms with E-state index in [4.69, 9.17) is 37.0 Å². The molecule has 0 heterocycles. The molecule has 0 saturated heterocycles. The first kappa shape index (κ1) is 98.9. The predicted molar refractivity (Wildman–Crippen MR) is 427 cm³/mol. The van der Waals surface area contributed by atoms with Crippen LogP contribution in [0.2, 0.25) is 0 Å². The Hall–Kier alpha value is -5.06. The third kappa shape index (κ3) is 75.2. The monoisotopic (exact) mass is 1500 g/mol. The molecule has 0 amide bonds. The molecule has 0 aliphatic heterocycles. The molecule has 0 radical (unpaired) electrons. The topological polar surface area (TPSA) is 237 Å². The molecule has 0 aliphatic carbocycles. The molecular formula is C85H142O17P2. The number of phosphoric acid groups is 2. The first-order chi connectivity index (χ1) is 50.7. The fourth-order valence-corrected chi connectivity index (χ4v) is 11.9. The molecule has 19 heteroatoms. The van der Waals surface area contributed by atoms with E-state index in [0.717, 1.165) is 186 Å². The van der Waals surface area contributed by atoms with Gasteiger partial charge >= 0.3 is 39.5 Å². The van der Waals surface area contributed by atoms with Crippen molar-refractivity contribution in [2.24, 2.45) is 0 Å². The second kappa shape index (κ2) is 76.1. The molecule has 0 spiro atoms. The summed E-state index contributed by atoms with van der Waals surface area (Å²) in [6.45, 7) is 4.45. The number of unbranched alkanes of at least 4 members (excludes halogenated alkanes) is 24. The minimum absolute atomic E-state index is 0.0678. The van der Waals surface area contributed by atoms with Crippen molar-refractivity contribution in [2.45, 2.75) is 329 Å². The number of allylic oxidation sites excluding steroid dienone is 24. The van der Waals surface area contributed by atoms with Gasteiger partial charge in [0.1, 0.15) is 19.3 Å². The fraction of sp³-hybridized carbons (Fsp3) is 0.671. The zero-order valence-corrected chi connectivity index (χ0v) is 66.7. The SMILES string of the molecule is CC/C=C\C/C=C\C/C=C\C/C=C\C/C=C\CCCC(=O)OCC(COP(=O)(O)OCC(O)COP(=O)(O)OCC(COC(=O)CCCCCCCC/C=C\C/C=C\C/C=C\C/C=C\CC)OC(=O)CCCCCCCCCCCCC)OC(=O)CCCCCCCCC/C=C\C/C=C\C/C=C\CC. The van der Waals surface area contributed by atoms with Gasteiger partial charge in [-0.25, -0.2) is 9.13 Å². The number of phosphoric ester groups is 2. The molecule has 104 heavy (non-hydrogen) atoms. The molecule has 0 aromatic rings. The zero-order valence-electron chi connectivity index (χ0n) is 64.9. The number of aliphatic hydroxyl groups is 1. The van der Waals surface area contributed by atoms with E-state index in [9.17, 15) is 43.2 Å². The highest BCUT2D eigenvalue weighted by Crippen LogP contribution is 2.45. The van der Waals surface area contributed by atoms with Gasteiger partial charge in [-0.3, -0.25) is 37.3 Å². The van der Waals surface area contributed by atoms with Crippen LogP contribution < -0.4 is 0 Å². The average Bonchev–Trinajstić information content (AvgIpc) is 0.930. The minimum Gasteiger partial charge on any atom is -0.462 e. The molecule has 0 aromatic carbocycles. The Kier molecular flexibility index (Phi) is 72.4. The lowest BCUT2D eigenvalue weighted by Crippen LogP contribution is -2.30. The summed E-state index contributed by atoms with van der Waals surface area (Å²) in [5.41, 5.74) is 0. The first-order valence-corrected chi connectivity index (χ1v) is 43.1. The van der Waals surface area contributed by atoms with E-state index in [1.54, 1.807) is 0 Å². The number of rotatable bonds is 74. The molecule has 0 aliphatic rings. The Morgan fingerprint density at radius 3 is 0.808 bits per heavy atom. The minimum atomic E-state index is -5.00. The number of esters is 4. The average molecular weight is 1500 g/mol. The van der Waals surface area contributed by atoms with Crippen LogP contribution in [-0.2, 0) is 65.4 Å². The number of carbonyl (C=O) groups is 4. The van der Waals surface area contributed by atoms with Crippen LogP contribution in [-0.4, -0.2) is 96.7 Å². The van der Waals surface area contributed by atoms with Crippen molar-refractivity contribution in [1.82, 2.24) is 0 Å². The summed E-state index contributed by atoms with van der Waals surface area (Å²) in [5, 5.41) is 10.6. The molecule has 5 atom stereocenters. The molecule has 594 valence electrons. The van der Waals surface area contributed by atoms with E-state index in [2.05, 4.69) is 161 Å². The highest BCUT2D eigenvalue weighted by molar-refractivity contribution is 7.47. The number of carbonyl (C=O) groups excluding carboxylic acids is 4. The Bertz CT molecular complexity index is 2540. The van der Waals surface area contributed by atoms with Crippen molar-refractivity contribution < 1.29 is 80.2 Å². The van der Waals surface area contributed by atoms with Gasteiger partial charge in [-0.15, -0.1) is 0 Å². The Morgan fingerprint density at radius 1 is 0.279 bits per heavy atom. The highest BCUT2D eigenvalue weighted by atomic mass is 31.2. The summed E-state index contributed by atoms with van der Waals surface area (Å²) in [6.07, 6.45) is 86.9. The number of ether oxygens (including phenoxy) is 4. The van der Waals surface area contributed by atoms with Crippen LogP contribution >= 0.6 is 15.6 Å². The molecule has 0 saturated carbocycles. The number of aliphatic hydroxyl groups excluding tert-OH is 1. The molecule has 5 unspecified atom stereocenters. The van der Waals surface area contributed by atoms with Gasteiger partial charge in [0.2, 0.25) is 0 Å². The maximum Gasteiger partial charge on any atom is 0.472 e. The van der Waals surface area contributed by atoms with Crippen molar-refractivity contribution in [2.75, 3.05) is 39.6 Å². The Balaban J connectivity index is 5.39. The van der Waals surface area contributed by atoms with Crippen molar-refractivity contribution in [1.29, 1.82) is 0 Å². The van der Waals surface area contributed by atoms with Crippen LogP contribution in [0.3, 0.4) is 0 Å². The van der Waals surface area contributed by atoms with Crippen LogP contribution in [0.15, 0.2) is 146 Å². The van der Waals surface area contributed by atoms with Crippen molar-refractivity contribution in [3.05, 3.63) is 146 Å². The molecule has 3 N–H and O–H groups in total. The summed E-state index contributed by atoms with van der Waals surface area (Å²) >= 11 is 0. The third-order valence-electron chi connectivity index (χ3n) is 16.3. The van der Waals surface area contributed by atoms with Crippen molar-refractivity contribution in [3.8, 4) is 0 Å². The quantitative estimate of drug-likeness (QED) is 0.0169. The normalized spacial score (nSPS) is 14.6. The van der Waals surface area contributed by atoms with Crippen LogP contribution in [0.5, 0.6) is 0 Å². The Morgan fingerprint density at radius 2 is 0.510 bits per heavy atom. The van der Waals surface area contributed by atoms with Crippen molar-refractivity contribution >= 4 is 39.5 Å². The summed E-state index contributed by atoms with van der Waals surface area (Å²) < 4.78 is 68.5. The molecule has 0 bridgehead atoms. The van der Waals surface area contributed by atoms with Crippen LogP contribution in [0.1, 0.15) is 310 Å². The Labute approximate surface area is 630 Å². The lowest BCUT2D eigenvalue weighted by molar-refractivity contribution is -0.161. The van der Waals surface area contributed by atoms with Gasteiger partial charge < -0.3 is 33.8 Å². The third-order valence-corrected chi connectivity index (χ3v) is 18.2. The van der Waals surface area contributed by atoms with Crippen LogP contribution in [0.25, 0.3) is 0 Å². The van der Waals surface area contributed by atoms with E-state index in [1.807, 2.05) is 12.2 Å². The summed E-state index contributed by atoms with van der Waals surface area (Å²) in [6, 6.07) is 0. The van der Waals surface area contributed by atoms with Gasteiger partial charge in [0.05, 0.1) is 26.4 Å². The van der Waals surface area contributed by atoms with E-state index in [0.29, 0.717) is 32.1 Å². The van der Waals surface area contributed by atoms with Gasteiger partial charge in [0.25, 0.3) is 0 Å². The number of hydrogen-bond donors (Lipinski definition) is 3. The smallest absolute Gasteiger partial charge is 0.462 e. The molecule has 0 fully saturated rings. The second-order valence-corrected chi connectivity index (χ2v) is 29.1. The van der Waals surface area contributed by atoms with Gasteiger partial charge in [-0.2, -0.15) is 0 Å². The van der Waals surface area contributed by atoms with E-state index >= 15 is 0 Å². The summed E-state index contributed by atoms with van der Waals surface area (Å²) in [5.74, 6) is -2.27. The van der Waals surface area contributed by atoms with E-state index in [-0.39, 0.29) is 25.7 Å². The van der Waals surface area contributed by atoms with Gasteiger partial charge in [-0.1, -0.05) is 296 Å². The lowest BCUT2D eigenvalue weighted by atomic mass is 10.1. The molecule has 0 aromatic heterocycles. The summed E-state index contributed by atoms with van der Waals surface area (Å²) in [7, 11) is -9.98. The maximum absolute atomic E-state index is 13.1. The standard InChI is InChI=1S/C85H142O17P2/c1-5-9-13-17-21-25-29-32-35-38-39-42-44-47-51-54-58-62-66-70-82(87)95-75-80(101-84(89)71-67-63-59-55-49-28-24-20-16-12-8-4)77-99-103(91,92)97-73-79(86)74-98-104(93,94)100-78-81(102-85(90)72-68-64-60-56-52-48-45-41-37-34-31-27-23-19-15-11-7-3)76-96-83(88)69-65-61-57-53-50-46-43-40-36-33-30-26-22-18-14-10-6-2/h9-11,13-15,21-23,25-27,32-37,39,42-43,46,53,57,79-81,86H,5-8,12,16-20,24,28-31,38,40-41,44-45,47-52,54-56,58-78H2,1-4H3,(H,91,92)(H,93,94)/b13-9-,14-10-,15-11-,25-21-,26-22-,27-23-,35-32-,36-33-,37-34-,42-39-,46-43-,57-53-. The second-order valence-electron chi connectivity index (χ2n) is 26.2. The van der Waals surface area contributed by atoms with Gasteiger partial charge in [-0.05, 0) is 135 Å². The van der Waals surface area contributed by atoms with E-state index < -0.39 is 97.5 Å². The van der Waals surface area contributed by atoms with Crippen LogP contribution in [0.4, 0.5) is 0 Å². The van der Waals surface area contributed by atoms with Crippen LogP contribution in [0, 0.1) is 0 Å². The maximum atomic E-state index is 13.1. The molecule has 17 nitrogen and oxygen atoms in total. The largest absolute Gasteiger partial charge is 0.472 e. The van der Waals surface area contributed by atoms with Gasteiger partial charge in [0.15, 0.2) is 12.2 Å².